The molecule has 1 saturated heterocycles. The van der Waals surface area contributed by atoms with Crippen LogP contribution in [0.1, 0.15) is 11.6 Å². The maximum atomic E-state index is 11.5. The number of likely N-dealkylation sites (N-methyl/N-ethyl adjacent to an activating group) is 1. The van der Waals surface area contributed by atoms with E-state index in [4.69, 9.17) is 10.1 Å². The minimum Gasteiger partial charge on any atom is -0.496 e. The molecule has 0 saturated carbocycles. The lowest BCUT2D eigenvalue weighted by atomic mass is 10.0. The molecule has 2 rings (SSSR count). The maximum absolute atomic E-state index is 11.5. The summed E-state index contributed by atoms with van der Waals surface area (Å²) in [6, 6.07) is 4.82. The molecule has 1 atom stereocenters. The van der Waals surface area contributed by atoms with E-state index >= 15 is 0 Å². The molecule has 5 nitrogen and oxygen atoms in total. The molecule has 1 aliphatic heterocycles. The van der Waals surface area contributed by atoms with Gasteiger partial charge in [-0.1, -0.05) is 15.9 Å². The van der Waals surface area contributed by atoms with E-state index in [-0.39, 0.29) is 11.9 Å². The Labute approximate surface area is 107 Å². The van der Waals surface area contributed by atoms with Crippen molar-refractivity contribution in [3.8, 4) is 5.75 Å². The molecule has 1 aromatic carbocycles. The summed E-state index contributed by atoms with van der Waals surface area (Å²) in [5.74, 6) is 0.820. The average Bonchev–Trinajstić information content (AvgIpc) is 2.53. The molecular weight excluding hydrogens is 286 g/mol. The number of hydrogen-bond donors (Lipinski definition) is 2. The highest BCUT2D eigenvalue weighted by Gasteiger charge is 2.35. The van der Waals surface area contributed by atoms with E-state index < -0.39 is 6.04 Å². The molecule has 2 N–H and O–H groups in total. The van der Waals surface area contributed by atoms with E-state index in [0.717, 1.165) is 10.0 Å². The monoisotopic (exact) mass is 297 g/mol. The number of urea groups is 1. The number of nitrogens with zero attached hydrogens (tertiary/aromatic N) is 1. The third kappa shape index (κ3) is 2.00. The average molecular weight is 298 g/mol. The van der Waals surface area contributed by atoms with E-state index in [2.05, 4.69) is 21.2 Å². The molecule has 0 radical (unpaired) electrons. The molecule has 17 heavy (non-hydrogen) atoms. The van der Waals surface area contributed by atoms with Gasteiger partial charge in [0.1, 0.15) is 17.6 Å². The molecule has 6 heteroatoms. The van der Waals surface area contributed by atoms with Gasteiger partial charge in [-0.25, -0.2) is 4.79 Å². The summed E-state index contributed by atoms with van der Waals surface area (Å²) in [6.07, 6.45) is 0. The normalized spacial score (nSPS) is 19.5. The molecule has 0 bridgehead atoms. The fraction of sp³-hybridized carbons (Fsp3) is 0.273. The van der Waals surface area contributed by atoms with Gasteiger partial charge < -0.3 is 9.64 Å². The second kappa shape index (κ2) is 4.37. The molecule has 1 aliphatic rings. The lowest BCUT2D eigenvalue weighted by molar-refractivity contribution is 0.217. The third-order valence-electron chi connectivity index (χ3n) is 2.71. The van der Waals surface area contributed by atoms with Crippen molar-refractivity contribution in [2.45, 2.75) is 6.04 Å². The lowest BCUT2D eigenvalue weighted by Crippen LogP contribution is -2.25. The first-order valence-electron chi connectivity index (χ1n) is 5.00. The van der Waals surface area contributed by atoms with Gasteiger partial charge in [0.15, 0.2) is 0 Å². The number of ether oxygens (including phenoxy) is 1. The predicted molar refractivity (Wildman–Crippen MR) is 67.5 cm³/mol. The number of benzene rings is 1. The number of methoxy groups -OCH3 is 1. The Hall–Kier alpha value is -1.56. The molecule has 1 aromatic rings. The van der Waals surface area contributed by atoms with Crippen LogP contribution in [0.2, 0.25) is 0 Å². The van der Waals surface area contributed by atoms with E-state index in [1.54, 1.807) is 14.2 Å². The largest absolute Gasteiger partial charge is 0.496 e. The van der Waals surface area contributed by atoms with Gasteiger partial charge >= 0.3 is 6.03 Å². The number of amides is 2. The van der Waals surface area contributed by atoms with Crippen LogP contribution in [-0.4, -0.2) is 30.9 Å². The van der Waals surface area contributed by atoms with Crippen LogP contribution in [0.15, 0.2) is 22.7 Å². The van der Waals surface area contributed by atoms with Gasteiger partial charge in [0.2, 0.25) is 0 Å². The van der Waals surface area contributed by atoms with Crippen molar-refractivity contribution in [1.29, 1.82) is 5.41 Å². The van der Waals surface area contributed by atoms with Crippen LogP contribution >= 0.6 is 15.9 Å². The Morgan fingerprint density at radius 3 is 2.76 bits per heavy atom. The second-order valence-corrected chi connectivity index (χ2v) is 4.66. The van der Waals surface area contributed by atoms with Gasteiger partial charge in [-0.3, -0.25) is 10.7 Å². The number of hydrogen-bond acceptors (Lipinski definition) is 3. The first-order chi connectivity index (χ1) is 8.04. The van der Waals surface area contributed by atoms with Gasteiger partial charge in [0, 0.05) is 17.1 Å². The van der Waals surface area contributed by atoms with Gasteiger partial charge in [0.25, 0.3) is 0 Å². The Balaban J connectivity index is 2.49. The SMILES string of the molecule is COc1ccc(Br)cc1C1C(=N)NC(=O)N1C. The Bertz CT molecular complexity index is 490. The summed E-state index contributed by atoms with van der Waals surface area (Å²) < 4.78 is 6.14. The molecule has 0 aliphatic carbocycles. The third-order valence-corrected chi connectivity index (χ3v) is 3.20. The second-order valence-electron chi connectivity index (χ2n) is 3.74. The summed E-state index contributed by atoms with van der Waals surface area (Å²) in [5, 5.41) is 10.3. The van der Waals surface area contributed by atoms with Crippen molar-refractivity contribution in [2.24, 2.45) is 0 Å². The summed E-state index contributed by atoms with van der Waals surface area (Å²) in [6.45, 7) is 0. The highest BCUT2D eigenvalue weighted by molar-refractivity contribution is 9.10. The van der Waals surface area contributed by atoms with Crippen molar-refractivity contribution in [3.05, 3.63) is 28.2 Å². The summed E-state index contributed by atoms with van der Waals surface area (Å²) in [4.78, 5) is 13.0. The van der Waals surface area contributed by atoms with Crippen LogP contribution in [0.4, 0.5) is 4.79 Å². The number of halogens is 1. The Morgan fingerprint density at radius 2 is 2.24 bits per heavy atom. The highest BCUT2D eigenvalue weighted by Crippen LogP contribution is 2.33. The molecule has 90 valence electrons. The van der Waals surface area contributed by atoms with Crippen molar-refractivity contribution >= 4 is 27.8 Å². The minimum atomic E-state index is -0.421. The molecule has 1 fully saturated rings. The van der Waals surface area contributed by atoms with Crippen molar-refractivity contribution in [3.63, 3.8) is 0 Å². The Kier molecular flexibility index (Phi) is 3.06. The van der Waals surface area contributed by atoms with Crippen molar-refractivity contribution in [1.82, 2.24) is 10.2 Å². The molecule has 0 aromatic heterocycles. The van der Waals surface area contributed by atoms with Crippen LogP contribution in [0.5, 0.6) is 5.75 Å². The Morgan fingerprint density at radius 1 is 1.53 bits per heavy atom. The van der Waals surface area contributed by atoms with Gasteiger partial charge in [-0.05, 0) is 18.2 Å². The summed E-state index contributed by atoms with van der Waals surface area (Å²) in [7, 11) is 3.22. The van der Waals surface area contributed by atoms with E-state index in [9.17, 15) is 4.79 Å². The van der Waals surface area contributed by atoms with Crippen molar-refractivity contribution in [2.75, 3.05) is 14.2 Å². The first kappa shape index (κ1) is 11.9. The van der Waals surface area contributed by atoms with Crippen LogP contribution in [0.3, 0.4) is 0 Å². The lowest BCUT2D eigenvalue weighted by Gasteiger charge is -2.20. The zero-order chi connectivity index (χ0) is 12.6. The fourth-order valence-corrected chi connectivity index (χ4v) is 2.24. The van der Waals surface area contributed by atoms with E-state index in [1.165, 1.54) is 4.90 Å². The van der Waals surface area contributed by atoms with Crippen molar-refractivity contribution < 1.29 is 9.53 Å². The van der Waals surface area contributed by atoms with Crippen LogP contribution in [-0.2, 0) is 0 Å². The maximum Gasteiger partial charge on any atom is 0.323 e. The smallest absolute Gasteiger partial charge is 0.323 e. The molecule has 2 amide bonds. The zero-order valence-corrected chi connectivity index (χ0v) is 11.0. The van der Waals surface area contributed by atoms with Gasteiger partial charge in [0.05, 0.1) is 7.11 Å². The van der Waals surface area contributed by atoms with Crippen LogP contribution < -0.4 is 10.1 Å². The minimum absolute atomic E-state index is 0.161. The number of carbonyl (C=O) groups is 1. The first-order valence-corrected chi connectivity index (χ1v) is 5.79. The van der Waals surface area contributed by atoms with E-state index in [0.29, 0.717) is 5.75 Å². The molecule has 0 spiro atoms. The molecular formula is C11H12BrN3O2. The molecule has 1 heterocycles. The fourth-order valence-electron chi connectivity index (χ4n) is 1.87. The summed E-state index contributed by atoms with van der Waals surface area (Å²) in [5.41, 5.74) is 0.785. The van der Waals surface area contributed by atoms with Gasteiger partial charge in [-0.2, -0.15) is 0 Å². The van der Waals surface area contributed by atoms with Gasteiger partial charge in [-0.15, -0.1) is 0 Å². The number of nitrogens with one attached hydrogen (secondary N) is 2. The number of rotatable bonds is 2. The van der Waals surface area contributed by atoms with Crippen LogP contribution in [0.25, 0.3) is 0 Å². The number of carbonyl (C=O) groups excluding carboxylic acids is 1. The topological polar surface area (TPSA) is 65.4 Å². The standard InChI is InChI=1S/C11H12BrN3O2/c1-15-9(10(13)14-11(15)16)7-5-6(12)3-4-8(7)17-2/h3-5,9H,1-2H3,(H2,13,14,16). The van der Waals surface area contributed by atoms with Crippen LogP contribution in [0, 0.1) is 5.41 Å². The highest BCUT2D eigenvalue weighted by atomic mass is 79.9. The predicted octanol–water partition coefficient (Wildman–Crippen LogP) is 2.13. The zero-order valence-electron chi connectivity index (χ0n) is 9.45. The molecule has 1 unspecified atom stereocenters. The number of amidine groups is 1. The quantitative estimate of drug-likeness (QED) is 0.878. The summed E-state index contributed by atoms with van der Waals surface area (Å²) >= 11 is 3.38. The van der Waals surface area contributed by atoms with E-state index in [1.807, 2.05) is 18.2 Å².